The van der Waals surface area contributed by atoms with Gasteiger partial charge in [0.2, 0.25) is 0 Å². The molecule has 1 atom stereocenters. The standard InChI is InChI=1S/C14H22N2O2S/c1-4-5-16-6-7-18-13(9-16)12(17)8-14-15-10(2)11(3)19-14/h13H,4-9H2,1-3H3. The maximum absolute atomic E-state index is 12.3. The van der Waals surface area contributed by atoms with Gasteiger partial charge in [0.1, 0.15) is 11.1 Å². The third-order valence-electron chi connectivity index (χ3n) is 3.45. The van der Waals surface area contributed by atoms with Gasteiger partial charge in [-0.25, -0.2) is 4.98 Å². The number of hydrogen-bond donors (Lipinski definition) is 0. The predicted molar refractivity (Wildman–Crippen MR) is 76.8 cm³/mol. The second-order valence-corrected chi connectivity index (χ2v) is 6.34. The van der Waals surface area contributed by atoms with Crippen LogP contribution in [0.15, 0.2) is 0 Å². The van der Waals surface area contributed by atoms with Gasteiger partial charge in [-0.1, -0.05) is 6.92 Å². The number of carbonyl (C=O) groups is 1. The number of Topliss-reactive ketones (excluding diaryl/α,β-unsaturated/α-hetero) is 1. The lowest BCUT2D eigenvalue weighted by Gasteiger charge is -2.31. The molecule has 2 rings (SSSR count). The van der Waals surface area contributed by atoms with Crippen molar-refractivity contribution >= 4 is 17.1 Å². The monoisotopic (exact) mass is 282 g/mol. The zero-order chi connectivity index (χ0) is 13.8. The van der Waals surface area contributed by atoms with Gasteiger partial charge >= 0.3 is 0 Å². The molecular weight excluding hydrogens is 260 g/mol. The third-order valence-corrected chi connectivity index (χ3v) is 4.52. The number of ether oxygens (including phenoxy) is 1. The van der Waals surface area contributed by atoms with E-state index >= 15 is 0 Å². The van der Waals surface area contributed by atoms with Gasteiger partial charge in [-0.3, -0.25) is 9.69 Å². The number of carbonyl (C=O) groups excluding carboxylic acids is 1. The average Bonchev–Trinajstić information content (AvgIpc) is 2.69. The molecular formula is C14H22N2O2S. The van der Waals surface area contributed by atoms with E-state index < -0.39 is 0 Å². The van der Waals surface area contributed by atoms with Gasteiger partial charge in [-0.2, -0.15) is 0 Å². The van der Waals surface area contributed by atoms with Crippen molar-refractivity contribution in [2.45, 2.75) is 39.7 Å². The van der Waals surface area contributed by atoms with Crippen molar-refractivity contribution in [1.82, 2.24) is 9.88 Å². The van der Waals surface area contributed by atoms with E-state index in [1.54, 1.807) is 11.3 Å². The fraction of sp³-hybridized carbons (Fsp3) is 0.714. The minimum absolute atomic E-state index is 0.162. The lowest BCUT2D eigenvalue weighted by Crippen LogP contribution is -2.46. The molecule has 0 saturated carbocycles. The van der Waals surface area contributed by atoms with E-state index in [4.69, 9.17) is 4.74 Å². The maximum atomic E-state index is 12.3. The quantitative estimate of drug-likeness (QED) is 0.828. The number of nitrogens with zero attached hydrogens (tertiary/aromatic N) is 2. The van der Waals surface area contributed by atoms with E-state index in [1.807, 2.05) is 13.8 Å². The number of thiazole rings is 1. The smallest absolute Gasteiger partial charge is 0.169 e. The molecule has 0 spiro atoms. The summed E-state index contributed by atoms with van der Waals surface area (Å²) in [6.07, 6.45) is 1.25. The number of hydrogen-bond acceptors (Lipinski definition) is 5. The molecule has 106 valence electrons. The number of rotatable bonds is 5. The van der Waals surface area contributed by atoms with Crippen LogP contribution in [0.4, 0.5) is 0 Å². The van der Waals surface area contributed by atoms with Crippen molar-refractivity contribution in [2.24, 2.45) is 0 Å². The minimum atomic E-state index is -0.273. The Labute approximate surface area is 118 Å². The molecule has 1 aliphatic heterocycles. The molecule has 1 aliphatic rings. The Morgan fingerprint density at radius 1 is 1.53 bits per heavy atom. The second kappa shape index (κ2) is 6.59. The SMILES string of the molecule is CCCN1CCOC(C(=O)Cc2nc(C)c(C)s2)C1. The summed E-state index contributed by atoms with van der Waals surface area (Å²) < 4.78 is 5.61. The van der Waals surface area contributed by atoms with Gasteiger partial charge < -0.3 is 4.74 Å². The topological polar surface area (TPSA) is 42.4 Å². The molecule has 0 aromatic carbocycles. The van der Waals surface area contributed by atoms with E-state index in [1.165, 1.54) is 4.88 Å². The highest BCUT2D eigenvalue weighted by Crippen LogP contribution is 2.18. The summed E-state index contributed by atoms with van der Waals surface area (Å²) in [4.78, 5) is 20.2. The van der Waals surface area contributed by atoms with E-state index in [2.05, 4.69) is 16.8 Å². The van der Waals surface area contributed by atoms with Crippen LogP contribution in [0, 0.1) is 13.8 Å². The predicted octanol–water partition coefficient (Wildman–Crippen LogP) is 1.98. The molecule has 19 heavy (non-hydrogen) atoms. The molecule has 0 N–H and O–H groups in total. The number of aryl methyl sites for hydroxylation is 2. The van der Waals surface area contributed by atoms with Crippen molar-refractivity contribution in [3.05, 3.63) is 15.6 Å². The first-order valence-electron chi connectivity index (χ1n) is 6.89. The van der Waals surface area contributed by atoms with Gasteiger partial charge in [0.05, 0.1) is 18.7 Å². The van der Waals surface area contributed by atoms with Crippen LogP contribution in [0.5, 0.6) is 0 Å². The molecule has 1 saturated heterocycles. The van der Waals surface area contributed by atoms with Crippen molar-refractivity contribution in [3.8, 4) is 0 Å². The fourth-order valence-corrected chi connectivity index (χ4v) is 3.24. The van der Waals surface area contributed by atoms with Gasteiger partial charge in [-0.05, 0) is 26.8 Å². The Hall–Kier alpha value is -0.780. The van der Waals surface area contributed by atoms with Crippen LogP contribution in [0.3, 0.4) is 0 Å². The minimum Gasteiger partial charge on any atom is -0.368 e. The molecule has 0 amide bonds. The first kappa shape index (κ1) is 14.6. The van der Waals surface area contributed by atoms with Gasteiger partial charge in [0, 0.05) is 18.0 Å². The lowest BCUT2D eigenvalue weighted by molar-refractivity contribution is -0.135. The molecule has 1 aromatic rings. The van der Waals surface area contributed by atoms with Crippen molar-refractivity contribution in [2.75, 3.05) is 26.2 Å². The Morgan fingerprint density at radius 3 is 2.95 bits per heavy atom. The van der Waals surface area contributed by atoms with E-state index in [9.17, 15) is 4.79 Å². The lowest BCUT2D eigenvalue weighted by atomic mass is 10.1. The Balaban J connectivity index is 1.92. The highest BCUT2D eigenvalue weighted by Gasteiger charge is 2.26. The van der Waals surface area contributed by atoms with E-state index in [0.717, 1.165) is 36.8 Å². The van der Waals surface area contributed by atoms with Crippen LogP contribution >= 0.6 is 11.3 Å². The summed E-state index contributed by atoms with van der Waals surface area (Å²) in [5, 5.41) is 0.913. The maximum Gasteiger partial charge on any atom is 0.169 e. The molecule has 0 radical (unpaired) electrons. The fourth-order valence-electron chi connectivity index (χ4n) is 2.29. The molecule has 1 fully saturated rings. The molecule has 1 aromatic heterocycles. The van der Waals surface area contributed by atoms with Crippen molar-refractivity contribution < 1.29 is 9.53 Å². The summed E-state index contributed by atoms with van der Waals surface area (Å²) in [6, 6.07) is 0. The van der Waals surface area contributed by atoms with E-state index in [-0.39, 0.29) is 11.9 Å². The summed E-state index contributed by atoms with van der Waals surface area (Å²) >= 11 is 1.62. The summed E-state index contributed by atoms with van der Waals surface area (Å²) in [7, 11) is 0. The number of morpholine rings is 1. The third kappa shape index (κ3) is 3.84. The highest BCUT2D eigenvalue weighted by atomic mass is 32.1. The second-order valence-electron chi connectivity index (χ2n) is 5.05. The molecule has 5 heteroatoms. The van der Waals surface area contributed by atoms with Crippen LogP contribution < -0.4 is 0 Å². The zero-order valence-electron chi connectivity index (χ0n) is 11.9. The van der Waals surface area contributed by atoms with Crippen molar-refractivity contribution in [3.63, 3.8) is 0 Å². The highest BCUT2D eigenvalue weighted by molar-refractivity contribution is 7.11. The van der Waals surface area contributed by atoms with Crippen LogP contribution in [0.2, 0.25) is 0 Å². The molecule has 1 unspecified atom stereocenters. The summed E-state index contributed by atoms with van der Waals surface area (Å²) in [5.41, 5.74) is 1.03. The largest absolute Gasteiger partial charge is 0.368 e. The molecule has 0 aliphatic carbocycles. The summed E-state index contributed by atoms with van der Waals surface area (Å²) in [5.74, 6) is 0.162. The Kier molecular flexibility index (Phi) is 5.07. The molecule has 2 heterocycles. The zero-order valence-corrected chi connectivity index (χ0v) is 12.8. The van der Waals surface area contributed by atoms with E-state index in [0.29, 0.717) is 13.0 Å². The average molecular weight is 282 g/mol. The Bertz CT molecular complexity index is 423. The van der Waals surface area contributed by atoms with Gasteiger partial charge in [0.25, 0.3) is 0 Å². The van der Waals surface area contributed by atoms with Gasteiger partial charge in [0.15, 0.2) is 5.78 Å². The normalized spacial score (nSPS) is 20.7. The van der Waals surface area contributed by atoms with Crippen LogP contribution in [-0.2, 0) is 16.0 Å². The van der Waals surface area contributed by atoms with Gasteiger partial charge in [-0.15, -0.1) is 11.3 Å². The van der Waals surface area contributed by atoms with Crippen LogP contribution in [0.1, 0.15) is 28.9 Å². The molecule has 0 bridgehead atoms. The van der Waals surface area contributed by atoms with Crippen LogP contribution in [-0.4, -0.2) is 48.0 Å². The first-order chi connectivity index (χ1) is 9.10. The Morgan fingerprint density at radius 2 is 2.32 bits per heavy atom. The van der Waals surface area contributed by atoms with Crippen molar-refractivity contribution in [1.29, 1.82) is 0 Å². The van der Waals surface area contributed by atoms with Crippen LogP contribution in [0.25, 0.3) is 0 Å². The number of aromatic nitrogens is 1. The summed E-state index contributed by atoms with van der Waals surface area (Å²) in [6.45, 7) is 9.56. The molecule has 4 nitrogen and oxygen atoms in total. The first-order valence-corrected chi connectivity index (χ1v) is 7.71. The number of ketones is 1.